The molecule has 4 rings (SSSR count). The fraction of sp³-hybridized carbons (Fsp3) is 0.593. The van der Waals surface area contributed by atoms with Gasteiger partial charge in [0.05, 0.1) is 0 Å². The van der Waals surface area contributed by atoms with Crippen LogP contribution in [0.25, 0.3) is 6.08 Å². The van der Waals surface area contributed by atoms with Gasteiger partial charge in [0, 0.05) is 41.4 Å². The van der Waals surface area contributed by atoms with Crippen LogP contribution in [-0.2, 0) is 4.79 Å². The normalized spacial score (nSPS) is 27.1. The van der Waals surface area contributed by atoms with E-state index in [2.05, 4.69) is 49.6 Å². The highest BCUT2D eigenvalue weighted by atomic mass is 16.5. The second-order valence-corrected chi connectivity index (χ2v) is 9.77. The molecule has 0 aromatic heterocycles. The highest BCUT2D eigenvalue weighted by Gasteiger charge is 2.46. The summed E-state index contributed by atoms with van der Waals surface area (Å²) >= 11 is 0. The first-order valence-electron chi connectivity index (χ1n) is 11.9. The monoisotopic (exact) mass is 407 g/mol. The number of hydrogen-bond donors (Lipinski definition) is 0. The second kappa shape index (κ2) is 8.99. The molecule has 1 saturated heterocycles. The van der Waals surface area contributed by atoms with Crippen molar-refractivity contribution in [2.24, 2.45) is 17.3 Å². The van der Waals surface area contributed by atoms with Crippen molar-refractivity contribution in [3.63, 3.8) is 0 Å². The highest BCUT2D eigenvalue weighted by Crippen LogP contribution is 2.50. The Morgan fingerprint density at radius 3 is 2.83 bits per heavy atom. The Balaban J connectivity index is 1.57. The summed E-state index contributed by atoms with van der Waals surface area (Å²) in [6.45, 7) is 11.1. The summed E-state index contributed by atoms with van der Waals surface area (Å²) in [7, 11) is 0. The summed E-state index contributed by atoms with van der Waals surface area (Å²) in [4.78, 5) is 16.2. The van der Waals surface area contributed by atoms with E-state index in [1.165, 1.54) is 24.9 Å². The number of anilines is 1. The van der Waals surface area contributed by atoms with E-state index >= 15 is 0 Å². The van der Waals surface area contributed by atoms with Crippen LogP contribution in [-0.4, -0.2) is 25.5 Å². The van der Waals surface area contributed by atoms with E-state index in [1.807, 2.05) is 6.08 Å². The molecule has 0 spiro atoms. The average Bonchev–Trinajstić information content (AvgIpc) is 3.22. The number of ether oxygens (including phenoxy) is 1. The molecule has 2 aliphatic heterocycles. The number of carbonyl (C=O) groups excluding carboxylic acids is 1. The van der Waals surface area contributed by atoms with Gasteiger partial charge in [-0.25, -0.2) is 0 Å². The lowest BCUT2D eigenvalue weighted by molar-refractivity contribution is -0.125. The zero-order valence-electron chi connectivity index (χ0n) is 18.8. The van der Waals surface area contributed by atoms with E-state index in [0.717, 1.165) is 62.1 Å². The van der Waals surface area contributed by atoms with Crippen LogP contribution in [0.3, 0.4) is 0 Å². The molecule has 3 unspecified atom stereocenters. The molecule has 1 aliphatic carbocycles. The molecule has 1 aromatic carbocycles. The van der Waals surface area contributed by atoms with Crippen LogP contribution >= 0.6 is 0 Å². The lowest BCUT2D eigenvalue weighted by Crippen LogP contribution is -2.34. The molecule has 3 atom stereocenters. The third kappa shape index (κ3) is 4.22. The molecule has 1 aromatic rings. The molecule has 30 heavy (non-hydrogen) atoms. The Hall–Kier alpha value is -2.03. The third-order valence-corrected chi connectivity index (χ3v) is 7.61. The Morgan fingerprint density at radius 1 is 1.33 bits per heavy atom. The van der Waals surface area contributed by atoms with Gasteiger partial charge in [-0.3, -0.25) is 4.79 Å². The van der Waals surface area contributed by atoms with Gasteiger partial charge in [0.1, 0.15) is 12.4 Å². The zero-order chi connectivity index (χ0) is 21.1. The third-order valence-electron chi connectivity index (χ3n) is 7.61. The van der Waals surface area contributed by atoms with E-state index in [9.17, 15) is 4.79 Å². The van der Waals surface area contributed by atoms with Gasteiger partial charge in [-0.05, 0) is 75.0 Å². The van der Waals surface area contributed by atoms with Crippen LogP contribution in [0.2, 0.25) is 0 Å². The molecule has 3 nitrogen and oxygen atoms in total. The number of Topliss-reactive ketones (excluding diaryl/α,β-unsaturated/α-hetero) is 1. The molecular formula is C27H37NO2. The van der Waals surface area contributed by atoms with E-state index in [0.29, 0.717) is 24.2 Å². The van der Waals surface area contributed by atoms with Gasteiger partial charge in [0.25, 0.3) is 0 Å². The number of fused-ring (bicyclic) bond motifs is 1. The van der Waals surface area contributed by atoms with Gasteiger partial charge in [0.2, 0.25) is 0 Å². The van der Waals surface area contributed by atoms with Crippen molar-refractivity contribution >= 4 is 17.5 Å². The van der Waals surface area contributed by atoms with Crippen LogP contribution < -0.4 is 9.64 Å². The summed E-state index contributed by atoms with van der Waals surface area (Å²) < 4.78 is 6.14. The number of ketones is 1. The summed E-state index contributed by atoms with van der Waals surface area (Å²) in [5, 5.41) is 0. The number of piperidine rings is 1. The molecule has 2 fully saturated rings. The first-order valence-corrected chi connectivity index (χ1v) is 11.9. The maximum Gasteiger partial charge on any atom is 0.168 e. The standard InChI is InChI=1S/C27H37NO2/c1-4-20(3)17-27(12-11-21(5-2)18-27)26(29)23-15-22-9-10-24(16-25(22)30-19-23)28-13-7-6-8-14-28/h4,9-10,15-16,20-21H,1,5-8,11-14,17-19H2,2-3H3. The van der Waals surface area contributed by atoms with E-state index in [-0.39, 0.29) is 5.41 Å². The maximum absolute atomic E-state index is 13.8. The van der Waals surface area contributed by atoms with Crippen molar-refractivity contribution in [3.05, 3.63) is 42.0 Å². The van der Waals surface area contributed by atoms with Gasteiger partial charge < -0.3 is 9.64 Å². The van der Waals surface area contributed by atoms with Crippen molar-refractivity contribution in [2.75, 3.05) is 24.6 Å². The topological polar surface area (TPSA) is 29.5 Å². The van der Waals surface area contributed by atoms with E-state index in [4.69, 9.17) is 4.74 Å². The number of hydrogen-bond acceptors (Lipinski definition) is 3. The molecule has 1 saturated carbocycles. The Bertz CT molecular complexity index is 820. The van der Waals surface area contributed by atoms with Crippen LogP contribution in [0, 0.1) is 17.3 Å². The molecule has 0 amide bonds. The van der Waals surface area contributed by atoms with Crippen molar-refractivity contribution in [1.82, 2.24) is 0 Å². The summed E-state index contributed by atoms with van der Waals surface area (Å²) in [6.07, 6.45) is 13.2. The quantitative estimate of drug-likeness (QED) is 0.488. The Labute approximate surface area is 182 Å². The number of rotatable bonds is 7. The van der Waals surface area contributed by atoms with E-state index < -0.39 is 0 Å². The van der Waals surface area contributed by atoms with Gasteiger partial charge in [0.15, 0.2) is 5.78 Å². The first-order chi connectivity index (χ1) is 14.5. The van der Waals surface area contributed by atoms with Crippen molar-refractivity contribution in [1.29, 1.82) is 0 Å². The van der Waals surface area contributed by atoms with Crippen molar-refractivity contribution < 1.29 is 9.53 Å². The maximum atomic E-state index is 13.8. The summed E-state index contributed by atoms with van der Waals surface area (Å²) in [5.74, 6) is 2.25. The van der Waals surface area contributed by atoms with Crippen LogP contribution in [0.15, 0.2) is 36.4 Å². The van der Waals surface area contributed by atoms with Crippen molar-refractivity contribution in [3.8, 4) is 5.75 Å². The van der Waals surface area contributed by atoms with Gasteiger partial charge in [-0.15, -0.1) is 6.58 Å². The van der Waals surface area contributed by atoms with Crippen molar-refractivity contribution in [2.45, 2.75) is 65.2 Å². The number of allylic oxidation sites excluding steroid dienone is 1. The lowest BCUT2D eigenvalue weighted by Gasteiger charge is -2.33. The molecule has 0 bridgehead atoms. The smallest absolute Gasteiger partial charge is 0.168 e. The molecular weight excluding hydrogens is 370 g/mol. The molecule has 3 heteroatoms. The van der Waals surface area contributed by atoms with Gasteiger partial charge >= 0.3 is 0 Å². The average molecular weight is 408 g/mol. The summed E-state index contributed by atoms with van der Waals surface area (Å²) in [5.41, 5.74) is 2.90. The molecule has 3 aliphatic rings. The summed E-state index contributed by atoms with van der Waals surface area (Å²) in [6, 6.07) is 6.49. The SMILES string of the molecule is C=CC(C)CC1(C(=O)C2=Cc3ccc(N4CCCCC4)cc3OC2)CCC(CC)C1. The molecule has 2 heterocycles. The van der Waals surface area contributed by atoms with Gasteiger partial charge in [-0.2, -0.15) is 0 Å². The first kappa shape index (κ1) is 21.2. The van der Waals surface area contributed by atoms with Gasteiger partial charge in [-0.1, -0.05) is 26.3 Å². The van der Waals surface area contributed by atoms with E-state index in [1.54, 1.807) is 0 Å². The Kier molecular flexibility index (Phi) is 6.36. The van der Waals surface area contributed by atoms with Crippen LogP contribution in [0.5, 0.6) is 5.75 Å². The minimum absolute atomic E-state index is 0.241. The predicted molar refractivity (Wildman–Crippen MR) is 125 cm³/mol. The fourth-order valence-electron chi connectivity index (χ4n) is 5.74. The zero-order valence-corrected chi connectivity index (χ0v) is 18.8. The predicted octanol–water partition coefficient (Wildman–Crippen LogP) is 6.43. The molecule has 0 N–H and O–H groups in total. The number of nitrogens with zero attached hydrogens (tertiary/aromatic N) is 1. The number of carbonyl (C=O) groups is 1. The number of benzene rings is 1. The minimum atomic E-state index is -0.241. The Morgan fingerprint density at radius 2 is 2.13 bits per heavy atom. The van der Waals surface area contributed by atoms with Crippen LogP contribution in [0.1, 0.15) is 70.8 Å². The lowest BCUT2D eigenvalue weighted by atomic mass is 9.71. The fourth-order valence-corrected chi connectivity index (χ4v) is 5.74. The molecule has 162 valence electrons. The highest BCUT2D eigenvalue weighted by molar-refractivity contribution is 6.04. The minimum Gasteiger partial charge on any atom is -0.488 e. The second-order valence-electron chi connectivity index (χ2n) is 9.77. The molecule has 0 radical (unpaired) electrons. The van der Waals surface area contributed by atoms with Crippen LogP contribution in [0.4, 0.5) is 5.69 Å². The largest absolute Gasteiger partial charge is 0.488 e.